The maximum absolute atomic E-state index is 12.8. The van der Waals surface area contributed by atoms with Crippen LogP contribution < -0.4 is 10.6 Å². The first kappa shape index (κ1) is 18.9. The molecule has 0 radical (unpaired) electrons. The molecule has 2 N–H and O–H groups in total. The largest absolute Gasteiger partial charge is 0.378 e. The van der Waals surface area contributed by atoms with Gasteiger partial charge in [0.1, 0.15) is 0 Å². The Morgan fingerprint density at radius 2 is 1.73 bits per heavy atom. The quantitative estimate of drug-likeness (QED) is 0.869. The lowest BCUT2D eigenvalue weighted by molar-refractivity contribution is 0.00397. The number of rotatable bonds is 3. The van der Waals surface area contributed by atoms with Crippen LogP contribution >= 0.6 is 12.4 Å². The molecular weight excluding hydrogens is 348 g/mol. The minimum Gasteiger partial charge on any atom is -0.378 e. The van der Waals surface area contributed by atoms with Gasteiger partial charge in [-0.2, -0.15) is 0 Å². The fourth-order valence-corrected chi connectivity index (χ4v) is 4.61. The van der Waals surface area contributed by atoms with Crippen molar-refractivity contribution < 1.29 is 9.53 Å². The summed E-state index contributed by atoms with van der Waals surface area (Å²) in [5.74, 6) is -0.0477. The maximum Gasteiger partial charge on any atom is 0.251 e. The lowest BCUT2D eigenvalue weighted by Gasteiger charge is -2.40. The van der Waals surface area contributed by atoms with Crippen molar-refractivity contribution in [3.8, 4) is 0 Å². The first-order valence-corrected chi connectivity index (χ1v) is 8.95. The predicted molar refractivity (Wildman–Crippen MR) is 105 cm³/mol. The first-order valence-electron chi connectivity index (χ1n) is 8.95. The number of amides is 1. The summed E-state index contributed by atoms with van der Waals surface area (Å²) in [6, 6.07) is 17.8. The average Bonchev–Trinajstić information content (AvgIpc) is 2.92. The zero-order chi connectivity index (χ0) is 17.3. The zero-order valence-electron chi connectivity index (χ0n) is 14.9. The van der Waals surface area contributed by atoms with Crippen LogP contribution in [0.1, 0.15) is 40.4 Å². The molecule has 5 heteroatoms. The van der Waals surface area contributed by atoms with Crippen LogP contribution in [0.3, 0.4) is 0 Å². The van der Waals surface area contributed by atoms with Crippen LogP contribution in [0.25, 0.3) is 0 Å². The molecule has 1 fully saturated rings. The summed E-state index contributed by atoms with van der Waals surface area (Å²) in [5.41, 5.74) is 3.19. The topological polar surface area (TPSA) is 50.4 Å². The van der Waals surface area contributed by atoms with E-state index >= 15 is 0 Å². The van der Waals surface area contributed by atoms with Crippen molar-refractivity contribution in [2.75, 3.05) is 20.2 Å². The van der Waals surface area contributed by atoms with E-state index in [1.165, 1.54) is 11.1 Å². The number of fused-ring (bicyclic) bond motifs is 2. The molecule has 4 nitrogen and oxygen atoms in total. The molecule has 1 saturated heterocycles. The van der Waals surface area contributed by atoms with Crippen molar-refractivity contribution >= 4 is 18.3 Å². The Morgan fingerprint density at radius 3 is 2.42 bits per heavy atom. The van der Waals surface area contributed by atoms with Crippen LogP contribution in [0, 0.1) is 0 Å². The van der Waals surface area contributed by atoms with Crippen LogP contribution in [-0.2, 0) is 10.2 Å². The van der Waals surface area contributed by atoms with Crippen molar-refractivity contribution in [2.24, 2.45) is 0 Å². The molecular formula is C21H25ClN2O2. The lowest BCUT2D eigenvalue weighted by Crippen LogP contribution is -2.49. The molecule has 2 aromatic carbocycles. The summed E-state index contributed by atoms with van der Waals surface area (Å²) in [7, 11) is 1.77. The van der Waals surface area contributed by atoms with Gasteiger partial charge in [-0.05, 0) is 49.2 Å². The standard InChI is InChI=1S/C21H24N2O2.ClH/c1-25-19-18(23-20(24)15-7-3-2-4-8-15)16-9-5-6-10-17(16)21(19)11-13-22-14-12-21;/h2-10,18-19,22H,11-14H2,1H3,(H,23,24);1H/t18-,19+;/m1./s1. The van der Waals surface area contributed by atoms with Crippen molar-refractivity contribution in [3.05, 3.63) is 71.3 Å². The third kappa shape index (κ3) is 3.02. The van der Waals surface area contributed by atoms with Crippen LogP contribution in [0.15, 0.2) is 54.6 Å². The van der Waals surface area contributed by atoms with E-state index in [1.54, 1.807) is 7.11 Å². The van der Waals surface area contributed by atoms with Gasteiger partial charge in [0.2, 0.25) is 0 Å². The summed E-state index contributed by atoms with van der Waals surface area (Å²) < 4.78 is 5.99. The molecule has 26 heavy (non-hydrogen) atoms. The maximum atomic E-state index is 12.8. The highest BCUT2D eigenvalue weighted by atomic mass is 35.5. The highest BCUT2D eigenvalue weighted by Crippen LogP contribution is 2.51. The van der Waals surface area contributed by atoms with E-state index < -0.39 is 0 Å². The summed E-state index contributed by atoms with van der Waals surface area (Å²) in [5, 5.41) is 6.69. The predicted octanol–water partition coefficient (Wildman–Crippen LogP) is 3.23. The van der Waals surface area contributed by atoms with E-state index in [0.29, 0.717) is 5.56 Å². The number of carbonyl (C=O) groups excluding carboxylic acids is 1. The van der Waals surface area contributed by atoms with Crippen LogP contribution in [0.5, 0.6) is 0 Å². The van der Waals surface area contributed by atoms with Gasteiger partial charge in [0.15, 0.2) is 0 Å². The minimum atomic E-state index is -0.119. The Labute approximate surface area is 160 Å². The summed E-state index contributed by atoms with van der Waals surface area (Å²) in [4.78, 5) is 12.8. The third-order valence-electron chi connectivity index (χ3n) is 5.75. The van der Waals surface area contributed by atoms with E-state index in [9.17, 15) is 4.79 Å². The van der Waals surface area contributed by atoms with Crippen molar-refractivity contribution in [1.29, 1.82) is 0 Å². The highest BCUT2D eigenvalue weighted by Gasteiger charge is 2.53. The number of hydrogen-bond donors (Lipinski definition) is 2. The number of methoxy groups -OCH3 is 1. The second kappa shape index (κ2) is 7.78. The van der Waals surface area contributed by atoms with E-state index in [4.69, 9.17) is 4.74 Å². The molecule has 4 rings (SSSR count). The van der Waals surface area contributed by atoms with Crippen LogP contribution in [0.4, 0.5) is 0 Å². The van der Waals surface area contributed by atoms with E-state index in [1.807, 2.05) is 36.4 Å². The van der Waals surface area contributed by atoms with Gasteiger partial charge in [-0.25, -0.2) is 0 Å². The smallest absolute Gasteiger partial charge is 0.251 e. The van der Waals surface area contributed by atoms with E-state index in [2.05, 4.69) is 28.8 Å². The molecule has 1 amide bonds. The Balaban J connectivity index is 0.00000196. The number of halogens is 1. The second-order valence-electron chi connectivity index (χ2n) is 6.97. The highest BCUT2D eigenvalue weighted by molar-refractivity contribution is 5.94. The van der Waals surface area contributed by atoms with Gasteiger partial charge in [0.05, 0.1) is 12.1 Å². The van der Waals surface area contributed by atoms with Crippen LogP contribution in [-0.4, -0.2) is 32.2 Å². The zero-order valence-corrected chi connectivity index (χ0v) is 15.7. The molecule has 1 aliphatic carbocycles. The normalized spacial score (nSPS) is 23.1. The molecule has 1 spiro atoms. The van der Waals surface area contributed by atoms with Gasteiger partial charge in [0.25, 0.3) is 5.91 Å². The number of carbonyl (C=O) groups is 1. The Bertz CT molecular complexity index is 760. The number of nitrogens with one attached hydrogen (secondary N) is 2. The molecule has 0 saturated carbocycles. The number of hydrogen-bond acceptors (Lipinski definition) is 3. The van der Waals surface area contributed by atoms with Gasteiger partial charge in [-0.15, -0.1) is 12.4 Å². The summed E-state index contributed by atoms with van der Waals surface area (Å²) in [6.07, 6.45) is 2.01. The molecule has 0 bridgehead atoms. The SMILES string of the molecule is CO[C@H]1[C@H](NC(=O)c2ccccc2)c2ccccc2C12CCNCC2.Cl. The molecule has 1 aliphatic heterocycles. The fraction of sp³-hybridized carbons (Fsp3) is 0.381. The Hall–Kier alpha value is -1.88. The molecule has 0 aromatic heterocycles. The third-order valence-corrected chi connectivity index (χ3v) is 5.75. The van der Waals surface area contributed by atoms with E-state index in [-0.39, 0.29) is 35.9 Å². The monoisotopic (exact) mass is 372 g/mol. The molecule has 1 heterocycles. The fourth-order valence-electron chi connectivity index (χ4n) is 4.61. The van der Waals surface area contributed by atoms with E-state index in [0.717, 1.165) is 25.9 Å². The average molecular weight is 373 g/mol. The summed E-state index contributed by atoms with van der Waals surface area (Å²) in [6.45, 7) is 1.96. The van der Waals surface area contributed by atoms with Gasteiger partial charge in [0, 0.05) is 18.1 Å². The number of benzene rings is 2. The van der Waals surface area contributed by atoms with Gasteiger partial charge in [-0.3, -0.25) is 4.79 Å². The molecule has 2 aromatic rings. The van der Waals surface area contributed by atoms with Gasteiger partial charge in [-0.1, -0.05) is 42.5 Å². The molecule has 138 valence electrons. The number of piperidine rings is 1. The van der Waals surface area contributed by atoms with Crippen molar-refractivity contribution in [2.45, 2.75) is 30.4 Å². The van der Waals surface area contributed by atoms with Gasteiger partial charge < -0.3 is 15.4 Å². The van der Waals surface area contributed by atoms with Crippen LogP contribution in [0.2, 0.25) is 0 Å². The minimum absolute atomic E-state index is 0. The lowest BCUT2D eigenvalue weighted by atomic mass is 9.72. The summed E-state index contributed by atoms with van der Waals surface area (Å²) >= 11 is 0. The first-order chi connectivity index (χ1) is 12.3. The van der Waals surface area contributed by atoms with Gasteiger partial charge >= 0.3 is 0 Å². The Kier molecular flexibility index (Phi) is 5.66. The molecule has 2 aliphatic rings. The van der Waals surface area contributed by atoms with Crippen molar-refractivity contribution in [3.63, 3.8) is 0 Å². The Morgan fingerprint density at radius 1 is 1.08 bits per heavy atom. The second-order valence-corrected chi connectivity index (χ2v) is 6.97. The molecule has 2 atom stereocenters. The number of ether oxygens (including phenoxy) is 1. The molecule has 0 unspecified atom stereocenters. The van der Waals surface area contributed by atoms with Crippen molar-refractivity contribution in [1.82, 2.24) is 10.6 Å².